The second-order valence-corrected chi connectivity index (χ2v) is 8.30. The van der Waals surface area contributed by atoms with Gasteiger partial charge in [-0.15, -0.1) is 0 Å². The maximum atomic E-state index is 12.4. The molecule has 2 aliphatic rings. The minimum Gasteiger partial charge on any atom is -0.493 e. The molecule has 2 atom stereocenters. The topological polar surface area (TPSA) is 73.5 Å². The van der Waals surface area contributed by atoms with Crippen molar-refractivity contribution in [3.8, 4) is 17.2 Å². The molecule has 0 N–H and O–H groups in total. The maximum absolute atomic E-state index is 12.4. The van der Waals surface area contributed by atoms with Gasteiger partial charge in [0.1, 0.15) is 17.2 Å². The predicted octanol–water partition coefficient (Wildman–Crippen LogP) is 5.75. The molecule has 174 valence electrons. The van der Waals surface area contributed by atoms with Gasteiger partial charge in [0.2, 0.25) is 6.23 Å². The van der Waals surface area contributed by atoms with Crippen molar-refractivity contribution in [2.24, 2.45) is 5.10 Å². The van der Waals surface area contributed by atoms with E-state index in [2.05, 4.69) is 0 Å². The van der Waals surface area contributed by atoms with E-state index in [1.807, 2.05) is 53.5 Å². The van der Waals surface area contributed by atoms with E-state index >= 15 is 0 Å². The zero-order chi connectivity index (χ0) is 23.8. The van der Waals surface area contributed by atoms with Gasteiger partial charge in [-0.1, -0.05) is 30.3 Å². The number of methoxy groups -OCH3 is 1. The number of esters is 1. The van der Waals surface area contributed by atoms with Crippen LogP contribution < -0.4 is 14.2 Å². The Hall–Kier alpha value is -4.52. The van der Waals surface area contributed by atoms with Crippen molar-refractivity contribution < 1.29 is 23.4 Å². The number of carbonyl (C=O) groups is 1. The highest BCUT2D eigenvalue weighted by Crippen LogP contribution is 2.50. The monoisotopic (exact) mass is 466 g/mol. The van der Waals surface area contributed by atoms with Crippen LogP contribution in [0.2, 0.25) is 0 Å². The van der Waals surface area contributed by atoms with Gasteiger partial charge in [-0.2, -0.15) is 5.10 Å². The summed E-state index contributed by atoms with van der Waals surface area (Å²) in [6.07, 6.45) is 1.84. The van der Waals surface area contributed by atoms with Crippen molar-refractivity contribution in [2.45, 2.75) is 18.7 Å². The summed E-state index contributed by atoms with van der Waals surface area (Å²) in [5, 5.41) is 6.84. The Kier molecular flexibility index (Phi) is 5.22. The Balaban J connectivity index is 1.32. The maximum Gasteiger partial charge on any atom is 0.343 e. The van der Waals surface area contributed by atoms with E-state index in [9.17, 15) is 4.79 Å². The lowest BCUT2D eigenvalue weighted by Gasteiger charge is -2.38. The minimum absolute atomic E-state index is 0.0328. The second-order valence-electron chi connectivity index (χ2n) is 8.30. The number of hydrazone groups is 1. The molecular formula is C28H22N2O5. The zero-order valence-electron chi connectivity index (χ0n) is 19.0. The van der Waals surface area contributed by atoms with Gasteiger partial charge in [0.15, 0.2) is 11.5 Å². The van der Waals surface area contributed by atoms with Gasteiger partial charge in [0.05, 0.1) is 25.0 Å². The number of ether oxygens (including phenoxy) is 3. The average molecular weight is 466 g/mol. The fraction of sp³-hybridized carbons (Fsp3) is 0.143. The lowest BCUT2D eigenvalue weighted by Crippen LogP contribution is -2.33. The van der Waals surface area contributed by atoms with Gasteiger partial charge < -0.3 is 18.6 Å². The normalized spacial score (nSPS) is 18.2. The quantitative estimate of drug-likeness (QED) is 0.275. The number of rotatable bonds is 5. The Morgan fingerprint density at radius 3 is 2.54 bits per heavy atom. The van der Waals surface area contributed by atoms with Gasteiger partial charge in [-0.3, -0.25) is 0 Å². The number of hydrogen-bond acceptors (Lipinski definition) is 7. The zero-order valence-corrected chi connectivity index (χ0v) is 19.0. The molecule has 0 radical (unpaired) electrons. The van der Waals surface area contributed by atoms with Crippen molar-refractivity contribution in [3.05, 3.63) is 114 Å². The van der Waals surface area contributed by atoms with Gasteiger partial charge in [-0.25, -0.2) is 9.80 Å². The number of nitrogens with zero attached hydrogens (tertiary/aromatic N) is 2. The molecule has 0 bridgehead atoms. The standard InChI is InChI=1S/C28H22N2O5/c1-32-25-10-5-9-21-23-17-22(24-11-6-16-33-24)29-30(23)27(35-26(21)25)18-12-14-20(15-13-18)34-28(31)19-7-3-2-4-8-19/h2-16,23,27H,17H2,1H3. The summed E-state index contributed by atoms with van der Waals surface area (Å²) in [5.41, 5.74) is 3.24. The molecule has 35 heavy (non-hydrogen) atoms. The SMILES string of the molecule is COc1cccc2c1OC(c1ccc(OC(=O)c3ccccc3)cc1)N1N=C(c3ccco3)CC21. The second kappa shape index (κ2) is 8.68. The fourth-order valence-corrected chi connectivity index (χ4v) is 4.50. The number of carbonyl (C=O) groups excluding carboxylic acids is 1. The van der Waals surface area contributed by atoms with Gasteiger partial charge >= 0.3 is 5.97 Å². The van der Waals surface area contributed by atoms with Crippen LogP contribution in [0, 0.1) is 0 Å². The van der Waals surface area contributed by atoms with E-state index in [1.54, 1.807) is 49.8 Å². The smallest absolute Gasteiger partial charge is 0.343 e. The summed E-state index contributed by atoms with van der Waals surface area (Å²) < 4.78 is 23.2. The van der Waals surface area contributed by atoms with Crippen molar-refractivity contribution in [1.82, 2.24) is 5.01 Å². The first-order valence-corrected chi connectivity index (χ1v) is 11.3. The molecule has 7 heteroatoms. The van der Waals surface area contributed by atoms with Gasteiger partial charge in [0.25, 0.3) is 0 Å². The summed E-state index contributed by atoms with van der Waals surface area (Å²) in [6, 6.07) is 25.8. The molecule has 2 unspecified atom stereocenters. The molecule has 0 saturated heterocycles. The van der Waals surface area contributed by atoms with Crippen molar-refractivity contribution >= 4 is 11.7 Å². The lowest BCUT2D eigenvalue weighted by atomic mass is 9.97. The highest BCUT2D eigenvalue weighted by molar-refractivity contribution is 5.99. The summed E-state index contributed by atoms with van der Waals surface area (Å²) >= 11 is 0. The fourth-order valence-electron chi connectivity index (χ4n) is 4.50. The third kappa shape index (κ3) is 3.81. The van der Waals surface area contributed by atoms with Crippen molar-refractivity contribution in [3.63, 3.8) is 0 Å². The molecular weight excluding hydrogens is 444 g/mol. The van der Waals surface area contributed by atoms with Crippen LogP contribution in [0.25, 0.3) is 0 Å². The molecule has 4 aromatic rings. The summed E-state index contributed by atoms with van der Waals surface area (Å²) in [6.45, 7) is 0. The van der Waals surface area contributed by atoms with Crippen LogP contribution >= 0.6 is 0 Å². The van der Waals surface area contributed by atoms with E-state index in [4.69, 9.17) is 23.7 Å². The molecule has 0 amide bonds. The van der Waals surface area contributed by atoms with Crippen LogP contribution in [0.1, 0.15) is 45.9 Å². The Bertz CT molecular complexity index is 1380. The van der Waals surface area contributed by atoms with Crippen LogP contribution in [-0.4, -0.2) is 23.8 Å². The summed E-state index contributed by atoms with van der Waals surface area (Å²) in [5.74, 6) is 2.17. The van der Waals surface area contributed by atoms with E-state index in [-0.39, 0.29) is 6.04 Å². The third-order valence-electron chi connectivity index (χ3n) is 6.19. The van der Waals surface area contributed by atoms with Crippen molar-refractivity contribution in [2.75, 3.05) is 7.11 Å². The molecule has 3 heterocycles. The Labute approximate surface area is 202 Å². The molecule has 3 aromatic carbocycles. The number of benzene rings is 3. The average Bonchev–Trinajstić information content (AvgIpc) is 3.59. The summed E-state index contributed by atoms with van der Waals surface area (Å²) in [7, 11) is 1.63. The van der Waals surface area contributed by atoms with Gasteiger partial charge in [0, 0.05) is 17.5 Å². The third-order valence-corrected chi connectivity index (χ3v) is 6.19. The highest BCUT2D eigenvalue weighted by atomic mass is 16.5. The molecule has 0 saturated carbocycles. The Morgan fingerprint density at radius 2 is 1.80 bits per heavy atom. The lowest BCUT2D eigenvalue weighted by molar-refractivity contribution is -0.0209. The van der Waals surface area contributed by atoms with Crippen LogP contribution in [0.15, 0.2) is 101 Å². The first-order chi connectivity index (χ1) is 17.2. The molecule has 7 nitrogen and oxygen atoms in total. The number of furan rings is 1. The van der Waals surface area contributed by atoms with Crippen LogP contribution in [0.5, 0.6) is 17.2 Å². The minimum atomic E-state index is -0.491. The van der Waals surface area contributed by atoms with E-state index in [0.717, 1.165) is 22.6 Å². The number of hydrogen-bond donors (Lipinski definition) is 0. The summed E-state index contributed by atoms with van der Waals surface area (Å²) in [4.78, 5) is 12.4. The highest BCUT2D eigenvalue weighted by Gasteiger charge is 2.42. The van der Waals surface area contributed by atoms with E-state index in [0.29, 0.717) is 29.2 Å². The van der Waals surface area contributed by atoms with Crippen molar-refractivity contribution in [1.29, 1.82) is 0 Å². The largest absolute Gasteiger partial charge is 0.493 e. The van der Waals surface area contributed by atoms with Crippen LogP contribution in [0.3, 0.4) is 0 Å². The Morgan fingerprint density at radius 1 is 0.971 bits per heavy atom. The van der Waals surface area contributed by atoms with E-state index < -0.39 is 12.2 Å². The van der Waals surface area contributed by atoms with E-state index in [1.165, 1.54) is 0 Å². The predicted molar refractivity (Wildman–Crippen MR) is 129 cm³/mol. The molecule has 0 spiro atoms. The molecule has 0 aliphatic carbocycles. The molecule has 0 fully saturated rings. The molecule has 2 aliphatic heterocycles. The van der Waals surface area contributed by atoms with Gasteiger partial charge in [-0.05, 0) is 54.6 Å². The molecule has 1 aromatic heterocycles. The number of fused-ring (bicyclic) bond motifs is 3. The number of para-hydroxylation sites is 1. The molecule has 6 rings (SSSR count). The van der Waals surface area contributed by atoms with Crippen LogP contribution in [-0.2, 0) is 0 Å². The van der Waals surface area contributed by atoms with Crippen LogP contribution in [0.4, 0.5) is 0 Å². The first-order valence-electron chi connectivity index (χ1n) is 11.3. The first kappa shape index (κ1) is 21.0.